The fraction of sp³-hybridized carbons (Fsp3) is 0.333. The summed E-state index contributed by atoms with van der Waals surface area (Å²) in [6.45, 7) is 3.29. The minimum absolute atomic E-state index is 0.117. The number of nitrogens with zero attached hydrogens (tertiary/aromatic N) is 2. The smallest absolute Gasteiger partial charge is 0.254 e. The van der Waals surface area contributed by atoms with E-state index in [0.717, 1.165) is 23.1 Å². The molecule has 21 heavy (non-hydrogen) atoms. The van der Waals surface area contributed by atoms with Gasteiger partial charge in [-0.05, 0) is 27.6 Å². The van der Waals surface area contributed by atoms with Crippen molar-refractivity contribution in [3.8, 4) is 0 Å². The van der Waals surface area contributed by atoms with Gasteiger partial charge in [0.05, 0.1) is 26.0 Å². The van der Waals surface area contributed by atoms with Crippen LogP contribution >= 0.6 is 15.9 Å². The van der Waals surface area contributed by atoms with Crippen LogP contribution in [0, 0.1) is 0 Å². The standard InChI is InChI=1S/C15H18BrN3O2/c16-14(10-13-4-2-1-3-5-13)11-17-18-15(20)12-19-6-8-21-9-7-19/h1-5,10-11H,6-9,12H2,(H,18,20). The molecule has 2 rings (SSSR count). The number of halogens is 1. The first-order valence-corrected chi connectivity index (χ1v) is 7.57. The summed E-state index contributed by atoms with van der Waals surface area (Å²) in [5, 5.41) is 3.94. The van der Waals surface area contributed by atoms with E-state index in [1.54, 1.807) is 6.21 Å². The van der Waals surface area contributed by atoms with Gasteiger partial charge < -0.3 is 4.74 Å². The van der Waals surface area contributed by atoms with E-state index in [-0.39, 0.29) is 5.91 Å². The van der Waals surface area contributed by atoms with Crippen LogP contribution in [0.1, 0.15) is 5.56 Å². The maximum Gasteiger partial charge on any atom is 0.254 e. The number of morpholine rings is 1. The van der Waals surface area contributed by atoms with Crippen LogP contribution in [0.15, 0.2) is 39.9 Å². The molecule has 1 fully saturated rings. The molecule has 1 N–H and O–H groups in total. The number of rotatable bonds is 5. The van der Waals surface area contributed by atoms with Crippen LogP contribution in [0.3, 0.4) is 0 Å². The van der Waals surface area contributed by atoms with Gasteiger partial charge in [-0.25, -0.2) is 5.43 Å². The molecule has 0 spiro atoms. The summed E-state index contributed by atoms with van der Waals surface area (Å²) in [6.07, 6.45) is 3.50. The summed E-state index contributed by atoms with van der Waals surface area (Å²) in [5.74, 6) is -0.117. The molecule has 0 unspecified atom stereocenters. The maximum atomic E-state index is 11.7. The lowest BCUT2D eigenvalue weighted by molar-refractivity contribution is -0.123. The zero-order chi connectivity index (χ0) is 14.9. The summed E-state index contributed by atoms with van der Waals surface area (Å²) in [4.78, 5) is 13.8. The van der Waals surface area contributed by atoms with Gasteiger partial charge in [-0.1, -0.05) is 30.3 Å². The third-order valence-corrected chi connectivity index (χ3v) is 3.39. The number of nitrogens with one attached hydrogen (secondary N) is 1. The summed E-state index contributed by atoms with van der Waals surface area (Å²) in [5.41, 5.74) is 3.59. The van der Waals surface area contributed by atoms with Crippen molar-refractivity contribution in [2.45, 2.75) is 0 Å². The van der Waals surface area contributed by atoms with Gasteiger partial charge in [0.1, 0.15) is 0 Å². The van der Waals surface area contributed by atoms with E-state index in [1.807, 2.05) is 41.3 Å². The van der Waals surface area contributed by atoms with Gasteiger partial charge in [-0.15, -0.1) is 0 Å². The highest BCUT2D eigenvalue weighted by molar-refractivity contribution is 9.12. The average Bonchev–Trinajstić information content (AvgIpc) is 2.49. The number of ether oxygens (including phenoxy) is 1. The molecular formula is C15H18BrN3O2. The highest BCUT2D eigenvalue weighted by Gasteiger charge is 2.13. The molecule has 0 bridgehead atoms. The van der Waals surface area contributed by atoms with Gasteiger partial charge in [-0.2, -0.15) is 5.10 Å². The molecule has 1 aliphatic rings. The van der Waals surface area contributed by atoms with Crippen molar-refractivity contribution in [1.29, 1.82) is 0 Å². The Kier molecular flexibility index (Phi) is 6.59. The Labute approximate surface area is 132 Å². The van der Waals surface area contributed by atoms with E-state index in [4.69, 9.17) is 4.74 Å². The van der Waals surface area contributed by atoms with Crippen LogP contribution in [-0.4, -0.2) is 49.9 Å². The normalized spacial score (nSPS) is 17.1. The van der Waals surface area contributed by atoms with E-state index < -0.39 is 0 Å². The molecule has 1 aliphatic heterocycles. The lowest BCUT2D eigenvalue weighted by atomic mass is 10.2. The maximum absolute atomic E-state index is 11.7. The van der Waals surface area contributed by atoms with Crippen molar-refractivity contribution >= 4 is 34.1 Å². The highest BCUT2D eigenvalue weighted by Crippen LogP contribution is 2.09. The van der Waals surface area contributed by atoms with Crippen molar-refractivity contribution in [2.24, 2.45) is 5.10 Å². The topological polar surface area (TPSA) is 53.9 Å². The Balaban J connectivity index is 1.76. The molecule has 6 heteroatoms. The van der Waals surface area contributed by atoms with Gasteiger partial charge in [0.15, 0.2) is 0 Å². The first-order chi connectivity index (χ1) is 10.2. The van der Waals surface area contributed by atoms with Crippen LogP contribution in [-0.2, 0) is 9.53 Å². The average molecular weight is 352 g/mol. The minimum Gasteiger partial charge on any atom is -0.379 e. The number of hydrogen-bond donors (Lipinski definition) is 1. The number of carbonyl (C=O) groups is 1. The van der Waals surface area contributed by atoms with Crippen molar-refractivity contribution in [2.75, 3.05) is 32.8 Å². The fourth-order valence-corrected chi connectivity index (χ4v) is 2.28. The van der Waals surface area contributed by atoms with E-state index in [2.05, 4.69) is 26.5 Å². The van der Waals surface area contributed by atoms with E-state index in [9.17, 15) is 4.79 Å². The van der Waals surface area contributed by atoms with E-state index in [0.29, 0.717) is 19.8 Å². The van der Waals surface area contributed by atoms with E-state index in [1.165, 1.54) is 0 Å². The fourth-order valence-electron chi connectivity index (χ4n) is 1.91. The molecule has 112 valence electrons. The SMILES string of the molecule is O=C(CN1CCOCC1)NN=CC(Br)=Cc1ccccc1. The summed E-state index contributed by atoms with van der Waals surface area (Å²) in [6, 6.07) is 9.88. The molecule has 0 aromatic heterocycles. The predicted octanol–water partition coefficient (Wildman–Crippen LogP) is 1.86. The molecule has 1 saturated heterocycles. The predicted molar refractivity (Wildman–Crippen MR) is 87.2 cm³/mol. The van der Waals surface area contributed by atoms with Crippen LogP contribution in [0.5, 0.6) is 0 Å². The number of amides is 1. The Morgan fingerprint density at radius 3 is 2.76 bits per heavy atom. The molecule has 0 atom stereocenters. The quantitative estimate of drug-likeness (QED) is 0.650. The van der Waals surface area contributed by atoms with Crippen molar-refractivity contribution in [3.63, 3.8) is 0 Å². The molecule has 5 nitrogen and oxygen atoms in total. The number of benzene rings is 1. The molecule has 0 aliphatic carbocycles. The molecule has 1 aromatic rings. The van der Waals surface area contributed by atoms with Crippen molar-refractivity contribution in [3.05, 3.63) is 40.4 Å². The van der Waals surface area contributed by atoms with Crippen LogP contribution < -0.4 is 5.43 Å². The molecule has 0 saturated carbocycles. The number of carbonyl (C=O) groups excluding carboxylic acids is 1. The number of hydrogen-bond acceptors (Lipinski definition) is 4. The van der Waals surface area contributed by atoms with Crippen molar-refractivity contribution < 1.29 is 9.53 Å². The second-order valence-corrected chi connectivity index (χ2v) is 5.54. The number of hydrazone groups is 1. The molecular weight excluding hydrogens is 334 g/mol. The molecule has 1 aromatic carbocycles. The molecule has 1 heterocycles. The van der Waals surface area contributed by atoms with Gasteiger partial charge in [-0.3, -0.25) is 9.69 Å². The first kappa shape index (κ1) is 15.9. The Morgan fingerprint density at radius 1 is 1.33 bits per heavy atom. The second kappa shape index (κ2) is 8.71. The third kappa shape index (κ3) is 6.20. The monoisotopic (exact) mass is 351 g/mol. The van der Waals surface area contributed by atoms with Crippen LogP contribution in [0.25, 0.3) is 6.08 Å². The van der Waals surface area contributed by atoms with Crippen molar-refractivity contribution in [1.82, 2.24) is 10.3 Å². The van der Waals surface area contributed by atoms with Gasteiger partial charge >= 0.3 is 0 Å². The Hall–Kier alpha value is -1.50. The minimum atomic E-state index is -0.117. The second-order valence-electron chi connectivity index (χ2n) is 4.62. The zero-order valence-corrected chi connectivity index (χ0v) is 13.3. The largest absolute Gasteiger partial charge is 0.379 e. The molecule has 0 radical (unpaired) electrons. The third-order valence-electron chi connectivity index (χ3n) is 2.95. The lowest BCUT2D eigenvalue weighted by Crippen LogP contribution is -2.42. The highest BCUT2D eigenvalue weighted by atomic mass is 79.9. The number of allylic oxidation sites excluding steroid dienone is 1. The summed E-state index contributed by atoms with van der Waals surface area (Å²) < 4.78 is 6.03. The Bertz CT molecular complexity index is 511. The van der Waals surface area contributed by atoms with Gasteiger partial charge in [0.2, 0.25) is 0 Å². The summed E-state index contributed by atoms with van der Waals surface area (Å²) >= 11 is 3.40. The van der Waals surface area contributed by atoms with E-state index >= 15 is 0 Å². The van der Waals surface area contributed by atoms with Gasteiger partial charge in [0.25, 0.3) is 5.91 Å². The van der Waals surface area contributed by atoms with Crippen LogP contribution in [0.4, 0.5) is 0 Å². The zero-order valence-electron chi connectivity index (χ0n) is 11.7. The van der Waals surface area contributed by atoms with Crippen LogP contribution in [0.2, 0.25) is 0 Å². The van der Waals surface area contributed by atoms with Gasteiger partial charge in [0, 0.05) is 17.6 Å². The Morgan fingerprint density at radius 2 is 2.05 bits per heavy atom. The molecule has 1 amide bonds. The lowest BCUT2D eigenvalue weighted by Gasteiger charge is -2.25. The first-order valence-electron chi connectivity index (χ1n) is 6.78. The summed E-state index contributed by atoms with van der Waals surface area (Å²) in [7, 11) is 0.